The first-order valence-corrected chi connectivity index (χ1v) is 13.1. The van der Waals surface area contributed by atoms with E-state index >= 15 is 0 Å². The van der Waals surface area contributed by atoms with E-state index in [1.165, 1.54) is 5.57 Å². The van der Waals surface area contributed by atoms with Gasteiger partial charge in [0, 0.05) is 61.8 Å². The number of aryl methyl sites for hydroxylation is 1. The van der Waals surface area contributed by atoms with Gasteiger partial charge in [-0.1, -0.05) is 23.8 Å². The molecule has 0 aliphatic rings. The first kappa shape index (κ1) is 29.7. The molecule has 8 nitrogen and oxygen atoms in total. The van der Waals surface area contributed by atoms with Crippen molar-refractivity contribution < 1.29 is 14.4 Å². The van der Waals surface area contributed by atoms with Crippen LogP contribution in [0.5, 0.6) is 0 Å². The molecule has 0 aliphatic heterocycles. The molecule has 0 spiro atoms. The topological polar surface area (TPSA) is 87.7 Å². The van der Waals surface area contributed by atoms with Gasteiger partial charge in [0.2, 0.25) is 0 Å². The Morgan fingerprint density at radius 3 is 2.44 bits per heavy atom. The summed E-state index contributed by atoms with van der Waals surface area (Å²) in [5, 5.41) is 0. The van der Waals surface area contributed by atoms with Crippen LogP contribution in [-0.4, -0.2) is 73.3 Å². The van der Waals surface area contributed by atoms with Crippen molar-refractivity contribution in [2.45, 2.75) is 32.6 Å². The first-order valence-electron chi connectivity index (χ1n) is 13.1. The molecule has 0 bridgehead atoms. The maximum Gasteiger partial charge on any atom is 0.253 e. The third-order valence-corrected chi connectivity index (χ3v) is 6.66. The molecule has 0 fully saturated rings. The van der Waals surface area contributed by atoms with Gasteiger partial charge in [-0.3, -0.25) is 14.6 Å². The fraction of sp³-hybridized carbons (Fsp3) is 0.355. The van der Waals surface area contributed by atoms with Gasteiger partial charge in [-0.25, -0.2) is 10.5 Å². The molecular formula is C31H39N5O3. The first-order chi connectivity index (χ1) is 18.7. The van der Waals surface area contributed by atoms with E-state index in [9.17, 15) is 9.59 Å². The number of likely N-dealkylation sites (N-methyl/N-ethyl adjacent to an activating group) is 1. The maximum atomic E-state index is 12.2. The standard InChI is InChI=1S/C31H39N5O3/c1-22(19-29-23(2)32-16-13-28(29)27-11-12-30(33-20-27)34-39-6)21-36(5)17-14-25(15-18-37)24-7-9-26(10-8-24)31(38)35(3)4/h7-13,16,18-20,25H,14-15,17,21H2,1-6H3,(H,33,34)/b22-19+. The number of pyridine rings is 2. The van der Waals surface area contributed by atoms with Crippen LogP contribution in [0.15, 0.2) is 60.4 Å². The van der Waals surface area contributed by atoms with Crippen LogP contribution in [0.25, 0.3) is 17.2 Å². The highest BCUT2D eigenvalue weighted by Crippen LogP contribution is 2.28. The van der Waals surface area contributed by atoms with Crippen molar-refractivity contribution in [3.05, 3.63) is 82.8 Å². The summed E-state index contributed by atoms with van der Waals surface area (Å²) in [5.74, 6) is 0.722. The average Bonchev–Trinajstić information content (AvgIpc) is 2.92. The predicted molar refractivity (Wildman–Crippen MR) is 156 cm³/mol. The molecule has 2 aromatic heterocycles. The van der Waals surface area contributed by atoms with Crippen molar-refractivity contribution in [3.8, 4) is 11.1 Å². The lowest BCUT2D eigenvalue weighted by molar-refractivity contribution is -0.108. The summed E-state index contributed by atoms with van der Waals surface area (Å²) in [5.41, 5.74) is 9.78. The highest BCUT2D eigenvalue weighted by atomic mass is 16.6. The quantitative estimate of drug-likeness (QED) is 0.240. The van der Waals surface area contributed by atoms with Crippen LogP contribution < -0.4 is 5.48 Å². The van der Waals surface area contributed by atoms with E-state index in [1.54, 1.807) is 26.1 Å². The van der Waals surface area contributed by atoms with E-state index in [1.807, 2.05) is 61.8 Å². The van der Waals surface area contributed by atoms with Crippen LogP contribution in [0.4, 0.5) is 5.82 Å². The molecule has 0 aliphatic carbocycles. The Labute approximate surface area is 231 Å². The molecule has 39 heavy (non-hydrogen) atoms. The number of carbonyl (C=O) groups excluding carboxylic acids is 2. The van der Waals surface area contributed by atoms with Gasteiger partial charge in [0.05, 0.1) is 7.11 Å². The third-order valence-electron chi connectivity index (χ3n) is 6.66. The Kier molecular flexibility index (Phi) is 10.9. The number of aromatic nitrogens is 2. The van der Waals surface area contributed by atoms with Gasteiger partial charge in [-0.15, -0.1) is 0 Å². The SMILES string of the molecule is CONc1ccc(-c2ccnc(C)c2/C=C(\C)CN(C)CCC(CC=O)c2ccc(C(=O)N(C)C)cc2)cn1. The lowest BCUT2D eigenvalue weighted by Gasteiger charge is -2.22. The minimum Gasteiger partial charge on any atom is -0.345 e. The van der Waals surface area contributed by atoms with E-state index in [-0.39, 0.29) is 11.8 Å². The van der Waals surface area contributed by atoms with Crippen LogP contribution in [-0.2, 0) is 9.63 Å². The highest BCUT2D eigenvalue weighted by Gasteiger charge is 2.15. The van der Waals surface area contributed by atoms with E-state index in [0.717, 1.165) is 53.7 Å². The van der Waals surface area contributed by atoms with E-state index in [4.69, 9.17) is 4.84 Å². The number of rotatable bonds is 13. The number of aldehydes is 1. The Hall–Kier alpha value is -3.88. The molecule has 3 rings (SSSR count). The lowest BCUT2D eigenvalue weighted by Crippen LogP contribution is -2.23. The van der Waals surface area contributed by atoms with Gasteiger partial charge in [0.1, 0.15) is 12.1 Å². The molecular weight excluding hydrogens is 490 g/mol. The molecule has 0 radical (unpaired) electrons. The largest absolute Gasteiger partial charge is 0.345 e. The molecule has 1 aromatic carbocycles. The minimum absolute atomic E-state index is 0.0288. The normalized spacial score (nSPS) is 12.3. The Morgan fingerprint density at radius 2 is 1.82 bits per heavy atom. The smallest absolute Gasteiger partial charge is 0.253 e. The Bertz CT molecular complexity index is 1270. The van der Waals surface area contributed by atoms with Crippen molar-refractivity contribution in [2.24, 2.45) is 0 Å². The summed E-state index contributed by atoms with van der Waals surface area (Å²) in [6, 6.07) is 13.5. The molecule has 1 unspecified atom stereocenters. The monoisotopic (exact) mass is 529 g/mol. The third kappa shape index (κ3) is 8.30. The van der Waals surface area contributed by atoms with Crippen molar-refractivity contribution in [2.75, 3.05) is 46.8 Å². The molecule has 0 saturated carbocycles. The summed E-state index contributed by atoms with van der Waals surface area (Å²) in [6.07, 6.45) is 8.11. The van der Waals surface area contributed by atoms with E-state index < -0.39 is 0 Å². The number of carbonyl (C=O) groups is 2. The second-order valence-electron chi connectivity index (χ2n) is 10.0. The zero-order valence-corrected chi connectivity index (χ0v) is 23.8. The minimum atomic E-state index is -0.0288. The number of hydrogen-bond donors (Lipinski definition) is 1. The summed E-state index contributed by atoms with van der Waals surface area (Å²) in [4.78, 5) is 41.3. The van der Waals surface area contributed by atoms with Crippen molar-refractivity contribution in [1.29, 1.82) is 0 Å². The van der Waals surface area contributed by atoms with Crippen LogP contribution in [0.2, 0.25) is 0 Å². The second kappa shape index (κ2) is 14.3. The number of anilines is 1. The van der Waals surface area contributed by atoms with Crippen LogP contribution in [0.3, 0.4) is 0 Å². The maximum absolute atomic E-state index is 12.2. The van der Waals surface area contributed by atoms with Gasteiger partial charge < -0.3 is 14.6 Å². The molecule has 3 aromatic rings. The van der Waals surface area contributed by atoms with Crippen molar-refractivity contribution >= 4 is 24.1 Å². The number of benzene rings is 1. The fourth-order valence-corrected chi connectivity index (χ4v) is 4.60. The van der Waals surface area contributed by atoms with Crippen LogP contribution in [0.1, 0.15) is 52.9 Å². The summed E-state index contributed by atoms with van der Waals surface area (Å²) in [6.45, 7) is 5.76. The molecule has 0 saturated heterocycles. The molecule has 206 valence electrons. The van der Waals surface area contributed by atoms with Crippen LogP contribution in [0, 0.1) is 6.92 Å². The molecule has 8 heteroatoms. The Morgan fingerprint density at radius 1 is 1.08 bits per heavy atom. The summed E-state index contributed by atoms with van der Waals surface area (Å²) < 4.78 is 0. The fourth-order valence-electron chi connectivity index (χ4n) is 4.60. The zero-order valence-electron chi connectivity index (χ0n) is 23.8. The molecule has 2 heterocycles. The molecule has 1 amide bonds. The molecule has 1 atom stereocenters. The molecule has 1 N–H and O–H groups in total. The number of hydrogen-bond acceptors (Lipinski definition) is 7. The summed E-state index contributed by atoms with van der Waals surface area (Å²) >= 11 is 0. The number of amides is 1. The zero-order chi connectivity index (χ0) is 28.4. The van der Waals surface area contributed by atoms with Gasteiger partial charge >= 0.3 is 0 Å². The predicted octanol–water partition coefficient (Wildman–Crippen LogP) is 5.23. The van der Waals surface area contributed by atoms with E-state index in [0.29, 0.717) is 17.8 Å². The van der Waals surface area contributed by atoms with Gasteiger partial charge in [-0.2, -0.15) is 0 Å². The van der Waals surface area contributed by atoms with Gasteiger partial charge in [0.15, 0.2) is 0 Å². The second-order valence-corrected chi connectivity index (χ2v) is 10.0. The van der Waals surface area contributed by atoms with Crippen molar-refractivity contribution in [1.82, 2.24) is 19.8 Å². The Balaban J connectivity index is 1.68. The van der Waals surface area contributed by atoms with Crippen molar-refractivity contribution in [3.63, 3.8) is 0 Å². The average molecular weight is 530 g/mol. The number of nitrogens with one attached hydrogen (secondary N) is 1. The van der Waals surface area contributed by atoms with Crippen LogP contribution >= 0.6 is 0 Å². The van der Waals surface area contributed by atoms with Gasteiger partial charge in [-0.05, 0) is 81.2 Å². The highest BCUT2D eigenvalue weighted by molar-refractivity contribution is 5.93. The van der Waals surface area contributed by atoms with Gasteiger partial charge in [0.25, 0.3) is 5.91 Å². The summed E-state index contributed by atoms with van der Waals surface area (Å²) in [7, 11) is 7.13. The lowest BCUT2D eigenvalue weighted by atomic mass is 9.92. The number of nitrogens with zero attached hydrogens (tertiary/aromatic N) is 4. The van der Waals surface area contributed by atoms with E-state index in [2.05, 4.69) is 40.4 Å².